The van der Waals surface area contributed by atoms with E-state index < -0.39 is 0 Å². The number of carbonyl (C=O) groups excluding carboxylic acids is 1. The Balaban J connectivity index is 2.08. The van der Waals surface area contributed by atoms with E-state index in [2.05, 4.69) is 10.4 Å². The minimum Gasteiger partial charge on any atom is -0.467 e. The zero-order valence-corrected chi connectivity index (χ0v) is 8.64. The van der Waals surface area contributed by atoms with Gasteiger partial charge in [0, 0.05) is 7.05 Å². The number of aryl methyl sites for hydroxylation is 1. The van der Waals surface area contributed by atoms with Gasteiger partial charge in [-0.25, -0.2) is 0 Å². The van der Waals surface area contributed by atoms with Crippen LogP contribution in [0.4, 0.5) is 5.69 Å². The van der Waals surface area contributed by atoms with E-state index in [1.807, 2.05) is 6.92 Å². The zero-order valence-electron chi connectivity index (χ0n) is 8.64. The Morgan fingerprint density at radius 2 is 2.60 bits per heavy atom. The van der Waals surface area contributed by atoms with Crippen LogP contribution in [0.5, 0.6) is 5.88 Å². The average molecular weight is 211 g/mol. The molecule has 2 heterocycles. The van der Waals surface area contributed by atoms with E-state index in [1.54, 1.807) is 17.9 Å². The van der Waals surface area contributed by atoms with Crippen LogP contribution in [0.3, 0.4) is 0 Å². The highest BCUT2D eigenvalue weighted by Crippen LogP contribution is 2.25. The molecule has 0 unspecified atom stereocenters. The fraction of sp³-hybridized carbons (Fsp3) is 0.556. The maximum atomic E-state index is 10.3. The topological polar surface area (TPSA) is 65.4 Å². The number of nitrogens with zero attached hydrogens (tertiary/aromatic N) is 2. The van der Waals surface area contributed by atoms with Crippen molar-refractivity contribution in [3.8, 4) is 5.88 Å². The first-order chi connectivity index (χ1) is 7.20. The van der Waals surface area contributed by atoms with Crippen LogP contribution < -0.4 is 10.1 Å². The fourth-order valence-corrected chi connectivity index (χ4v) is 1.36. The molecule has 0 radical (unpaired) electrons. The van der Waals surface area contributed by atoms with Crippen LogP contribution >= 0.6 is 0 Å². The molecule has 15 heavy (non-hydrogen) atoms. The molecule has 6 nitrogen and oxygen atoms in total. The number of carbonyl (C=O) groups is 1. The fourth-order valence-electron chi connectivity index (χ4n) is 1.36. The third-order valence-corrected chi connectivity index (χ3v) is 2.32. The molecular formula is C9H13N3O3. The largest absolute Gasteiger partial charge is 0.467 e. The van der Waals surface area contributed by atoms with E-state index in [0.717, 1.165) is 0 Å². The summed E-state index contributed by atoms with van der Waals surface area (Å²) in [6, 6.07) is 0. The summed E-state index contributed by atoms with van der Waals surface area (Å²) in [5, 5.41) is 6.64. The van der Waals surface area contributed by atoms with Gasteiger partial charge >= 0.3 is 0 Å². The Hall–Kier alpha value is -1.56. The lowest BCUT2D eigenvalue weighted by Crippen LogP contribution is -2.46. The summed E-state index contributed by atoms with van der Waals surface area (Å²) in [7, 11) is 1.77. The van der Waals surface area contributed by atoms with Crippen molar-refractivity contribution in [3.63, 3.8) is 0 Å². The zero-order chi connectivity index (χ0) is 10.8. The standard InChI is InChI=1S/C9H13N3O3/c1-6-8(4-14-6)15-9-7(10-5-13)3-12(2)11-9/h3,5-6,8H,4H2,1-2H3,(H,10,13)/t6-,8+/m1/s1. The molecule has 0 aromatic carbocycles. The van der Waals surface area contributed by atoms with Crippen LogP contribution in [-0.2, 0) is 16.6 Å². The Morgan fingerprint density at radius 3 is 3.13 bits per heavy atom. The normalized spacial score (nSPS) is 24.4. The monoisotopic (exact) mass is 211 g/mol. The van der Waals surface area contributed by atoms with Crippen LogP contribution in [0.2, 0.25) is 0 Å². The second-order valence-corrected chi connectivity index (χ2v) is 3.48. The van der Waals surface area contributed by atoms with Gasteiger partial charge < -0.3 is 14.8 Å². The molecule has 0 bridgehead atoms. The second-order valence-electron chi connectivity index (χ2n) is 3.48. The highest BCUT2D eigenvalue weighted by atomic mass is 16.6. The molecule has 1 aliphatic heterocycles. The number of nitrogens with one attached hydrogen (secondary N) is 1. The van der Waals surface area contributed by atoms with Gasteiger partial charge in [0.05, 0.1) is 18.9 Å². The summed E-state index contributed by atoms with van der Waals surface area (Å²) >= 11 is 0. The van der Waals surface area contributed by atoms with Crippen LogP contribution in [0.15, 0.2) is 6.20 Å². The van der Waals surface area contributed by atoms with Gasteiger partial charge in [-0.3, -0.25) is 9.48 Å². The summed E-state index contributed by atoms with van der Waals surface area (Å²) in [5.74, 6) is 0.435. The molecule has 2 rings (SSSR count). The van der Waals surface area contributed by atoms with E-state index in [4.69, 9.17) is 9.47 Å². The molecule has 1 N–H and O–H groups in total. The Kier molecular flexibility index (Phi) is 2.59. The van der Waals surface area contributed by atoms with E-state index in [-0.39, 0.29) is 12.2 Å². The van der Waals surface area contributed by atoms with Crippen molar-refractivity contribution in [1.82, 2.24) is 9.78 Å². The number of rotatable bonds is 4. The molecule has 0 spiro atoms. The van der Waals surface area contributed by atoms with Gasteiger partial charge in [-0.15, -0.1) is 5.10 Å². The number of ether oxygens (including phenoxy) is 2. The molecule has 1 amide bonds. The van der Waals surface area contributed by atoms with E-state index in [9.17, 15) is 4.79 Å². The molecule has 1 saturated heterocycles. The summed E-state index contributed by atoms with van der Waals surface area (Å²) in [5.41, 5.74) is 0.576. The first-order valence-electron chi connectivity index (χ1n) is 4.73. The minimum atomic E-state index is 0.0205. The van der Waals surface area contributed by atoms with Crippen molar-refractivity contribution >= 4 is 12.1 Å². The maximum absolute atomic E-state index is 10.3. The molecule has 2 atom stereocenters. The van der Waals surface area contributed by atoms with E-state index in [0.29, 0.717) is 24.6 Å². The van der Waals surface area contributed by atoms with Crippen molar-refractivity contribution in [2.45, 2.75) is 19.1 Å². The predicted octanol–water partition coefficient (Wildman–Crippen LogP) is 0.154. The van der Waals surface area contributed by atoms with Crippen molar-refractivity contribution < 1.29 is 14.3 Å². The Bertz CT molecular complexity index is 363. The third-order valence-electron chi connectivity index (χ3n) is 2.32. The number of amides is 1. The number of hydrogen-bond donors (Lipinski definition) is 1. The van der Waals surface area contributed by atoms with E-state index >= 15 is 0 Å². The summed E-state index contributed by atoms with van der Waals surface area (Å²) in [6.45, 7) is 2.50. The highest BCUT2D eigenvalue weighted by molar-refractivity contribution is 5.73. The van der Waals surface area contributed by atoms with Crippen LogP contribution in [-0.4, -0.2) is 35.0 Å². The van der Waals surface area contributed by atoms with Gasteiger partial charge in [-0.2, -0.15) is 0 Å². The van der Waals surface area contributed by atoms with Crippen LogP contribution in [0, 0.1) is 0 Å². The Morgan fingerprint density at radius 1 is 1.80 bits per heavy atom. The number of aromatic nitrogens is 2. The van der Waals surface area contributed by atoms with Gasteiger partial charge in [0.2, 0.25) is 6.41 Å². The van der Waals surface area contributed by atoms with Gasteiger partial charge in [-0.05, 0) is 6.92 Å². The number of anilines is 1. The van der Waals surface area contributed by atoms with Gasteiger partial charge in [0.25, 0.3) is 5.88 Å². The lowest BCUT2D eigenvalue weighted by atomic mass is 10.2. The van der Waals surface area contributed by atoms with Crippen molar-refractivity contribution in [2.24, 2.45) is 7.05 Å². The lowest BCUT2D eigenvalue weighted by molar-refractivity contribution is -0.140. The van der Waals surface area contributed by atoms with Crippen molar-refractivity contribution in [1.29, 1.82) is 0 Å². The van der Waals surface area contributed by atoms with Crippen molar-refractivity contribution in [3.05, 3.63) is 6.20 Å². The Labute approximate surface area is 87.2 Å². The summed E-state index contributed by atoms with van der Waals surface area (Å²) in [4.78, 5) is 10.3. The van der Waals surface area contributed by atoms with Gasteiger partial charge in [-0.1, -0.05) is 0 Å². The average Bonchev–Trinajstić information content (AvgIpc) is 2.54. The molecule has 0 saturated carbocycles. The summed E-state index contributed by atoms with van der Waals surface area (Å²) in [6.07, 6.45) is 2.39. The summed E-state index contributed by atoms with van der Waals surface area (Å²) < 4.78 is 12.3. The molecule has 82 valence electrons. The second kappa shape index (κ2) is 3.90. The molecule has 6 heteroatoms. The quantitative estimate of drug-likeness (QED) is 0.720. The molecule has 1 aromatic heterocycles. The van der Waals surface area contributed by atoms with Crippen molar-refractivity contribution in [2.75, 3.05) is 11.9 Å². The molecule has 1 fully saturated rings. The number of hydrogen-bond acceptors (Lipinski definition) is 4. The molecular weight excluding hydrogens is 198 g/mol. The highest BCUT2D eigenvalue weighted by Gasteiger charge is 2.31. The van der Waals surface area contributed by atoms with Gasteiger partial charge in [0.15, 0.2) is 0 Å². The van der Waals surface area contributed by atoms with Gasteiger partial charge in [0.1, 0.15) is 11.8 Å². The maximum Gasteiger partial charge on any atom is 0.257 e. The minimum absolute atomic E-state index is 0.0205. The first-order valence-corrected chi connectivity index (χ1v) is 4.73. The SMILES string of the molecule is C[C@H]1OC[C@@H]1Oc1nn(C)cc1NC=O. The van der Waals surface area contributed by atoms with E-state index in [1.165, 1.54) is 0 Å². The van der Waals surface area contributed by atoms with Crippen LogP contribution in [0.1, 0.15) is 6.92 Å². The predicted molar refractivity (Wildman–Crippen MR) is 52.7 cm³/mol. The first kappa shape index (κ1) is 9.97. The third kappa shape index (κ3) is 1.94. The van der Waals surface area contributed by atoms with Crippen LogP contribution in [0.25, 0.3) is 0 Å². The molecule has 1 aromatic rings. The molecule has 1 aliphatic rings. The smallest absolute Gasteiger partial charge is 0.257 e. The molecule has 0 aliphatic carbocycles. The lowest BCUT2D eigenvalue weighted by Gasteiger charge is -2.33.